The van der Waals surface area contributed by atoms with Crippen LogP contribution in [0.1, 0.15) is 6.42 Å². The summed E-state index contributed by atoms with van der Waals surface area (Å²) in [6.45, 7) is 0.541. The average molecular weight is 369 g/mol. The van der Waals surface area contributed by atoms with Gasteiger partial charge in [0.25, 0.3) is 0 Å². The standard InChI is InChI=1S/C10H8Br2ClNO2/c11-5-1-9(15)14(4-5)8-3-6(13)2-7(12)10(8)16/h2-3,5,16H,1,4H2. The third kappa shape index (κ3) is 2.21. The van der Waals surface area contributed by atoms with Crippen LogP contribution in [0.15, 0.2) is 16.6 Å². The second kappa shape index (κ2) is 4.55. The lowest BCUT2D eigenvalue weighted by Gasteiger charge is -2.18. The van der Waals surface area contributed by atoms with Crippen molar-refractivity contribution in [1.82, 2.24) is 0 Å². The predicted molar refractivity (Wildman–Crippen MR) is 70.5 cm³/mol. The van der Waals surface area contributed by atoms with Gasteiger partial charge in [-0.1, -0.05) is 27.5 Å². The summed E-state index contributed by atoms with van der Waals surface area (Å²) >= 11 is 12.5. The number of carbonyl (C=O) groups excluding carboxylic acids is 1. The Morgan fingerprint density at radius 3 is 2.75 bits per heavy atom. The molecule has 2 rings (SSSR count). The van der Waals surface area contributed by atoms with Gasteiger partial charge >= 0.3 is 0 Å². The van der Waals surface area contributed by atoms with E-state index in [1.807, 2.05) is 0 Å². The Bertz CT molecular complexity index is 453. The molecule has 0 saturated carbocycles. The van der Waals surface area contributed by atoms with E-state index in [0.717, 1.165) is 0 Å². The number of carbonyl (C=O) groups is 1. The number of alkyl halides is 1. The van der Waals surface area contributed by atoms with Crippen molar-refractivity contribution in [2.75, 3.05) is 11.4 Å². The van der Waals surface area contributed by atoms with Gasteiger partial charge in [-0.15, -0.1) is 0 Å². The molecule has 16 heavy (non-hydrogen) atoms. The first-order valence-corrected chi connectivity index (χ1v) is 6.70. The second-order valence-corrected chi connectivity index (χ2v) is 6.15. The Morgan fingerprint density at radius 1 is 1.50 bits per heavy atom. The summed E-state index contributed by atoms with van der Waals surface area (Å²) in [5.41, 5.74) is 0.450. The fourth-order valence-electron chi connectivity index (χ4n) is 1.65. The molecule has 86 valence electrons. The van der Waals surface area contributed by atoms with Gasteiger partial charge in [-0.05, 0) is 28.1 Å². The second-order valence-electron chi connectivity index (χ2n) is 3.56. The highest BCUT2D eigenvalue weighted by Crippen LogP contribution is 2.39. The van der Waals surface area contributed by atoms with Gasteiger partial charge < -0.3 is 10.0 Å². The third-order valence-corrected chi connectivity index (χ3v) is 3.81. The van der Waals surface area contributed by atoms with Crippen LogP contribution < -0.4 is 4.90 Å². The Morgan fingerprint density at radius 2 is 2.19 bits per heavy atom. The Labute approximate surface area is 115 Å². The minimum absolute atomic E-state index is 0.0219. The van der Waals surface area contributed by atoms with E-state index in [9.17, 15) is 9.90 Å². The average Bonchev–Trinajstić information content (AvgIpc) is 2.51. The number of benzene rings is 1. The molecule has 3 nitrogen and oxygen atoms in total. The number of rotatable bonds is 1. The van der Waals surface area contributed by atoms with Crippen LogP contribution in [-0.2, 0) is 4.79 Å². The highest BCUT2D eigenvalue weighted by atomic mass is 79.9. The molecule has 6 heteroatoms. The number of phenolic OH excluding ortho intramolecular Hbond substituents is 1. The molecule has 1 N–H and O–H groups in total. The van der Waals surface area contributed by atoms with E-state index in [1.165, 1.54) is 4.90 Å². The molecule has 1 amide bonds. The van der Waals surface area contributed by atoms with Crippen LogP contribution in [-0.4, -0.2) is 22.4 Å². The predicted octanol–water partition coefficient (Wildman–Crippen LogP) is 3.31. The molecule has 1 aliphatic rings. The van der Waals surface area contributed by atoms with Crippen molar-refractivity contribution in [3.8, 4) is 5.75 Å². The molecule has 1 unspecified atom stereocenters. The van der Waals surface area contributed by atoms with Crippen molar-refractivity contribution >= 4 is 55.1 Å². The van der Waals surface area contributed by atoms with Gasteiger partial charge in [0.05, 0.1) is 10.2 Å². The summed E-state index contributed by atoms with van der Waals surface area (Å²) in [7, 11) is 0. The van der Waals surface area contributed by atoms with Crippen molar-refractivity contribution in [3.05, 3.63) is 21.6 Å². The zero-order valence-electron chi connectivity index (χ0n) is 8.08. The van der Waals surface area contributed by atoms with Crippen LogP contribution in [0, 0.1) is 0 Å². The number of halogens is 3. The summed E-state index contributed by atoms with van der Waals surface area (Å²) in [6, 6.07) is 3.18. The lowest BCUT2D eigenvalue weighted by molar-refractivity contribution is -0.117. The molecule has 1 aromatic carbocycles. The highest BCUT2D eigenvalue weighted by Gasteiger charge is 2.31. The number of amides is 1. The van der Waals surface area contributed by atoms with E-state index >= 15 is 0 Å². The molecule has 1 aliphatic heterocycles. The lowest BCUT2D eigenvalue weighted by Crippen LogP contribution is -2.24. The minimum atomic E-state index is -0.0219. The lowest BCUT2D eigenvalue weighted by atomic mass is 10.2. The number of anilines is 1. The number of hydrogen-bond donors (Lipinski definition) is 1. The Kier molecular flexibility index (Phi) is 3.47. The number of hydrogen-bond acceptors (Lipinski definition) is 2. The van der Waals surface area contributed by atoms with Gasteiger partial charge in [0, 0.05) is 22.8 Å². The topological polar surface area (TPSA) is 40.5 Å². The van der Waals surface area contributed by atoms with E-state index in [1.54, 1.807) is 12.1 Å². The van der Waals surface area contributed by atoms with E-state index in [4.69, 9.17) is 11.6 Å². The van der Waals surface area contributed by atoms with Crippen LogP contribution in [0.25, 0.3) is 0 Å². The zero-order valence-corrected chi connectivity index (χ0v) is 12.0. The number of phenols is 1. The first-order valence-electron chi connectivity index (χ1n) is 4.61. The molecule has 1 saturated heterocycles. The molecule has 0 aliphatic carbocycles. The third-order valence-electron chi connectivity index (χ3n) is 2.38. The first kappa shape index (κ1) is 12.2. The summed E-state index contributed by atoms with van der Waals surface area (Å²) in [4.78, 5) is 13.3. The Balaban J connectivity index is 2.44. The van der Waals surface area contributed by atoms with Crippen molar-refractivity contribution < 1.29 is 9.90 Å². The van der Waals surface area contributed by atoms with E-state index in [-0.39, 0.29) is 16.5 Å². The normalized spacial score (nSPS) is 20.6. The molecule has 1 aromatic rings. The largest absolute Gasteiger partial charge is 0.505 e. The Hall–Kier alpha value is -0.260. The zero-order chi connectivity index (χ0) is 11.9. The summed E-state index contributed by atoms with van der Waals surface area (Å²) in [6.07, 6.45) is 0.434. The maximum Gasteiger partial charge on any atom is 0.228 e. The first-order chi connectivity index (χ1) is 7.49. The van der Waals surface area contributed by atoms with E-state index < -0.39 is 0 Å². The van der Waals surface area contributed by atoms with Crippen LogP contribution in [0.4, 0.5) is 5.69 Å². The molecular weight excluding hydrogens is 361 g/mol. The van der Waals surface area contributed by atoms with Gasteiger partial charge in [0.15, 0.2) is 5.75 Å². The molecule has 0 bridgehead atoms. The van der Waals surface area contributed by atoms with Crippen LogP contribution in [0.5, 0.6) is 5.75 Å². The smallest absolute Gasteiger partial charge is 0.228 e. The summed E-state index contributed by atoms with van der Waals surface area (Å²) in [5, 5.41) is 10.3. The number of aromatic hydroxyl groups is 1. The monoisotopic (exact) mass is 367 g/mol. The van der Waals surface area contributed by atoms with Gasteiger partial charge in [0.2, 0.25) is 5.91 Å². The van der Waals surface area contributed by atoms with Crippen LogP contribution in [0.3, 0.4) is 0 Å². The molecule has 0 aromatic heterocycles. The fourth-order valence-corrected chi connectivity index (χ4v) is 3.02. The number of nitrogens with zero attached hydrogens (tertiary/aromatic N) is 1. The minimum Gasteiger partial charge on any atom is -0.505 e. The molecule has 0 spiro atoms. The van der Waals surface area contributed by atoms with Crippen LogP contribution in [0.2, 0.25) is 5.02 Å². The van der Waals surface area contributed by atoms with E-state index in [0.29, 0.717) is 28.1 Å². The van der Waals surface area contributed by atoms with Crippen molar-refractivity contribution in [3.63, 3.8) is 0 Å². The molecule has 0 radical (unpaired) electrons. The molecule has 1 heterocycles. The van der Waals surface area contributed by atoms with Gasteiger partial charge in [-0.25, -0.2) is 0 Å². The maximum absolute atomic E-state index is 11.7. The SMILES string of the molecule is O=C1CC(Br)CN1c1cc(Cl)cc(Br)c1O. The fraction of sp³-hybridized carbons (Fsp3) is 0.300. The van der Waals surface area contributed by atoms with E-state index in [2.05, 4.69) is 31.9 Å². The van der Waals surface area contributed by atoms with Crippen molar-refractivity contribution in [2.45, 2.75) is 11.2 Å². The van der Waals surface area contributed by atoms with Crippen molar-refractivity contribution in [1.29, 1.82) is 0 Å². The van der Waals surface area contributed by atoms with Gasteiger partial charge in [-0.3, -0.25) is 4.79 Å². The summed E-state index contributed by atoms with van der Waals surface area (Å²) in [5.74, 6) is 0.0192. The highest BCUT2D eigenvalue weighted by molar-refractivity contribution is 9.10. The molecule has 1 fully saturated rings. The molecule has 1 atom stereocenters. The van der Waals surface area contributed by atoms with Gasteiger partial charge in [-0.2, -0.15) is 0 Å². The summed E-state index contributed by atoms with van der Waals surface area (Å²) < 4.78 is 0.487. The molecular formula is C10H8Br2ClNO2. The van der Waals surface area contributed by atoms with Crippen LogP contribution >= 0.6 is 43.5 Å². The maximum atomic E-state index is 11.7. The quantitative estimate of drug-likeness (QED) is 0.772. The van der Waals surface area contributed by atoms with Gasteiger partial charge in [0.1, 0.15) is 0 Å². The van der Waals surface area contributed by atoms with Crippen molar-refractivity contribution in [2.24, 2.45) is 0 Å².